The van der Waals surface area contributed by atoms with Gasteiger partial charge in [-0.1, -0.05) is 48.5 Å². The number of para-hydroxylation sites is 2. The normalized spacial score (nSPS) is 11.1. The summed E-state index contributed by atoms with van der Waals surface area (Å²) in [4.78, 5) is 12.5. The average Bonchev–Trinajstić information content (AvgIpc) is 3.23. The van der Waals surface area contributed by atoms with Crippen molar-refractivity contribution in [3.05, 3.63) is 102 Å². The number of ketones is 1. The summed E-state index contributed by atoms with van der Waals surface area (Å²) in [5.74, 6) is 2.50. The molecule has 1 aromatic heterocycles. The van der Waals surface area contributed by atoms with Gasteiger partial charge in [0.05, 0.1) is 7.11 Å². The second-order valence-electron chi connectivity index (χ2n) is 6.50. The number of fused-ring (bicyclic) bond motifs is 1. The van der Waals surface area contributed by atoms with Crippen molar-refractivity contribution in [1.82, 2.24) is 0 Å². The standard InChI is InChI=1S/C25H20O4/c1-27-24-8-4-5-9-25(24)28-17-22-13-12-21(29-22)14-15-23(26)20-11-10-18-6-2-3-7-19(18)16-20/h2-16H,17H2,1H3/b15-14+. The van der Waals surface area contributed by atoms with E-state index in [0.29, 0.717) is 28.6 Å². The molecule has 144 valence electrons. The predicted octanol–water partition coefficient (Wildman–Crippen LogP) is 5.92. The van der Waals surface area contributed by atoms with E-state index >= 15 is 0 Å². The lowest BCUT2D eigenvalue weighted by atomic mass is 10.0. The number of carbonyl (C=O) groups excluding carboxylic acids is 1. The van der Waals surface area contributed by atoms with Gasteiger partial charge in [-0.05, 0) is 53.3 Å². The van der Waals surface area contributed by atoms with Gasteiger partial charge in [-0.15, -0.1) is 0 Å². The molecule has 4 aromatic rings. The van der Waals surface area contributed by atoms with Gasteiger partial charge >= 0.3 is 0 Å². The first-order valence-corrected chi connectivity index (χ1v) is 9.29. The molecular formula is C25H20O4. The van der Waals surface area contributed by atoms with Crippen molar-refractivity contribution in [2.75, 3.05) is 7.11 Å². The summed E-state index contributed by atoms with van der Waals surface area (Å²) in [6.45, 7) is 0.271. The number of furan rings is 1. The molecule has 1 heterocycles. The Bertz CT molecular complexity index is 1170. The van der Waals surface area contributed by atoms with E-state index in [1.807, 2.05) is 78.9 Å². The third-order valence-corrected chi connectivity index (χ3v) is 4.55. The van der Waals surface area contributed by atoms with Crippen LogP contribution in [-0.4, -0.2) is 12.9 Å². The van der Waals surface area contributed by atoms with Crippen molar-refractivity contribution in [2.45, 2.75) is 6.61 Å². The van der Waals surface area contributed by atoms with Crippen LogP contribution >= 0.6 is 0 Å². The molecule has 0 aliphatic carbocycles. The van der Waals surface area contributed by atoms with Gasteiger partial charge in [0.1, 0.15) is 18.1 Å². The number of carbonyl (C=O) groups is 1. The lowest BCUT2D eigenvalue weighted by Gasteiger charge is -2.08. The topological polar surface area (TPSA) is 48.7 Å². The molecular weight excluding hydrogens is 364 g/mol. The smallest absolute Gasteiger partial charge is 0.185 e. The second kappa shape index (κ2) is 8.48. The Morgan fingerprint density at radius 2 is 1.66 bits per heavy atom. The molecule has 29 heavy (non-hydrogen) atoms. The van der Waals surface area contributed by atoms with Gasteiger partial charge in [0, 0.05) is 5.56 Å². The number of hydrogen-bond acceptors (Lipinski definition) is 4. The van der Waals surface area contributed by atoms with Crippen LogP contribution in [-0.2, 0) is 6.61 Å². The van der Waals surface area contributed by atoms with Gasteiger partial charge < -0.3 is 13.9 Å². The molecule has 0 aliphatic rings. The van der Waals surface area contributed by atoms with Crippen molar-refractivity contribution < 1.29 is 18.7 Å². The maximum absolute atomic E-state index is 12.5. The van der Waals surface area contributed by atoms with Gasteiger partial charge in [-0.2, -0.15) is 0 Å². The molecule has 0 amide bonds. The number of ether oxygens (including phenoxy) is 2. The highest BCUT2D eigenvalue weighted by Crippen LogP contribution is 2.27. The molecule has 0 spiro atoms. The number of benzene rings is 3. The number of methoxy groups -OCH3 is 1. The predicted molar refractivity (Wildman–Crippen MR) is 113 cm³/mol. The molecule has 0 fully saturated rings. The highest BCUT2D eigenvalue weighted by molar-refractivity contribution is 6.08. The maximum Gasteiger partial charge on any atom is 0.185 e. The quantitative estimate of drug-likeness (QED) is 0.293. The Kier molecular flexibility index (Phi) is 5.43. The third-order valence-electron chi connectivity index (χ3n) is 4.55. The van der Waals surface area contributed by atoms with E-state index in [-0.39, 0.29) is 12.4 Å². The van der Waals surface area contributed by atoms with Crippen molar-refractivity contribution in [3.8, 4) is 11.5 Å². The number of rotatable bonds is 7. The van der Waals surface area contributed by atoms with E-state index in [1.165, 1.54) is 6.08 Å². The largest absolute Gasteiger partial charge is 0.493 e. The van der Waals surface area contributed by atoms with Gasteiger partial charge in [-0.25, -0.2) is 0 Å². The lowest BCUT2D eigenvalue weighted by molar-refractivity contribution is 0.104. The fourth-order valence-corrected chi connectivity index (χ4v) is 3.05. The summed E-state index contributed by atoms with van der Waals surface area (Å²) >= 11 is 0. The Hall–Kier alpha value is -3.79. The van der Waals surface area contributed by atoms with Crippen LogP contribution in [0, 0.1) is 0 Å². The van der Waals surface area contributed by atoms with Crippen LogP contribution in [0.1, 0.15) is 21.9 Å². The van der Waals surface area contributed by atoms with Crippen LogP contribution in [0.25, 0.3) is 16.8 Å². The summed E-state index contributed by atoms with van der Waals surface area (Å²) in [7, 11) is 1.60. The maximum atomic E-state index is 12.5. The summed E-state index contributed by atoms with van der Waals surface area (Å²) in [6.07, 6.45) is 3.19. The van der Waals surface area contributed by atoms with E-state index in [4.69, 9.17) is 13.9 Å². The second-order valence-corrected chi connectivity index (χ2v) is 6.50. The fourth-order valence-electron chi connectivity index (χ4n) is 3.05. The van der Waals surface area contributed by atoms with Gasteiger partial charge in [-0.3, -0.25) is 4.79 Å². The molecule has 0 atom stereocenters. The molecule has 3 aromatic carbocycles. The monoisotopic (exact) mass is 384 g/mol. The minimum atomic E-state index is -0.0704. The molecule has 4 rings (SSSR count). The van der Waals surface area contributed by atoms with Crippen molar-refractivity contribution in [3.63, 3.8) is 0 Å². The van der Waals surface area contributed by atoms with E-state index in [0.717, 1.165) is 10.8 Å². The lowest BCUT2D eigenvalue weighted by Crippen LogP contribution is -1.96. The van der Waals surface area contributed by atoms with Crippen LogP contribution in [0.15, 0.2) is 89.4 Å². The number of allylic oxidation sites excluding steroid dienone is 1. The van der Waals surface area contributed by atoms with Crippen LogP contribution in [0.2, 0.25) is 0 Å². The third kappa shape index (κ3) is 4.38. The SMILES string of the molecule is COc1ccccc1OCc1ccc(/C=C/C(=O)c2ccc3ccccc3c2)o1. The van der Waals surface area contributed by atoms with Crippen LogP contribution in [0.5, 0.6) is 11.5 Å². The van der Waals surface area contributed by atoms with E-state index in [2.05, 4.69) is 0 Å². The summed E-state index contributed by atoms with van der Waals surface area (Å²) in [5.41, 5.74) is 0.645. The molecule has 0 unspecified atom stereocenters. The highest BCUT2D eigenvalue weighted by atomic mass is 16.5. The Balaban J connectivity index is 1.41. The molecule has 0 bridgehead atoms. The van der Waals surface area contributed by atoms with Crippen LogP contribution in [0.3, 0.4) is 0 Å². The first kappa shape index (κ1) is 18.6. The minimum absolute atomic E-state index is 0.0704. The molecule has 0 N–H and O–H groups in total. The van der Waals surface area contributed by atoms with Crippen LogP contribution in [0.4, 0.5) is 0 Å². The minimum Gasteiger partial charge on any atom is -0.493 e. The fraction of sp³-hybridized carbons (Fsp3) is 0.0800. The number of hydrogen-bond donors (Lipinski definition) is 0. The van der Waals surface area contributed by atoms with E-state index in [1.54, 1.807) is 13.2 Å². The first-order valence-electron chi connectivity index (χ1n) is 9.29. The zero-order chi connectivity index (χ0) is 20.1. The van der Waals surface area contributed by atoms with Crippen molar-refractivity contribution in [2.24, 2.45) is 0 Å². The Labute approximate surface area is 169 Å². The summed E-state index contributed by atoms with van der Waals surface area (Å²) in [5, 5.41) is 2.15. The zero-order valence-electron chi connectivity index (χ0n) is 16.0. The van der Waals surface area contributed by atoms with Crippen molar-refractivity contribution in [1.29, 1.82) is 0 Å². The molecule has 0 saturated carbocycles. The molecule has 4 heteroatoms. The van der Waals surface area contributed by atoms with E-state index < -0.39 is 0 Å². The molecule has 0 aliphatic heterocycles. The zero-order valence-corrected chi connectivity index (χ0v) is 16.0. The van der Waals surface area contributed by atoms with Crippen LogP contribution < -0.4 is 9.47 Å². The summed E-state index contributed by atoms with van der Waals surface area (Å²) < 4.78 is 16.8. The molecule has 0 saturated heterocycles. The molecule has 4 nitrogen and oxygen atoms in total. The van der Waals surface area contributed by atoms with Gasteiger partial charge in [0.2, 0.25) is 0 Å². The van der Waals surface area contributed by atoms with E-state index in [9.17, 15) is 4.79 Å². The highest BCUT2D eigenvalue weighted by Gasteiger charge is 2.07. The average molecular weight is 384 g/mol. The van der Waals surface area contributed by atoms with Gasteiger partial charge in [0.15, 0.2) is 17.3 Å². The first-order chi connectivity index (χ1) is 14.2. The van der Waals surface area contributed by atoms with Crippen molar-refractivity contribution >= 4 is 22.6 Å². The Morgan fingerprint density at radius 3 is 2.48 bits per heavy atom. The molecule has 0 radical (unpaired) electrons. The summed E-state index contributed by atoms with van der Waals surface area (Å²) in [6, 6.07) is 24.7. The van der Waals surface area contributed by atoms with Gasteiger partial charge in [0.25, 0.3) is 0 Å². The Morgan fingerprint density at radius 1 is 0.897 bits per heavy atom.